The highest BCUT2D eigenvalue weighted by atomic mass is 15.0. The third-order valence-electron chi connectivity index (χ3n) is 6.73. The van der Waals surface area contributed by atoms with E-state index >= 15 is 0 Å². The molecule has 1 N–H and O–H groups in total. The quantitative estimate of drug-likeness (QED) is 0.592. The van der Waals surface area contributed by atoms with Crippen LogP contribution in [0.4, 0.5) is 0 Å². The fourth-order valence-corrected chi connectivity index (χ4v) is 4.42. The highest BCUT2D eigenvalue weighted by molar-refractivity contribution is 4.87. The molecular weight excluding hydrogens is 254 g/mol. The van der Waals surface area contributed by atoms with Gasteiger partial charge in [-0.2, -0.15) is 0 Å². The maximum atomic E-state index is 3.58. The van der Waals surface area contributed by atoms with E-state index in [0.29, 0.717) is 0 Å². The molecule has 2 rings (SSSR count). The van der Waals surface area contributed by atoms with Gasteiger partial charge >= 0.3 is 0 Å². The standard InChI is InChI=1S/C20H39N/c1-6-17(19-11-18(12-19)14(2)3)9-7-15(4)8-10-20-16(5)13-21-20/h14-21H,6-13H2,1-5H3. The van der Waals surface area contributed by atoms with Crippen molar-refractivity contribution in [1.29, 1.82) is 0 Å². The smallest absolute Gasteiger partial charge is 0.0105 e. The summed E-state index contributed by atoms with van der Waals surface area (Å²) in [5.74, 6) is 5.87. The molecule has 1 nitrogen and oxygen atoms in total. The van der Waals surface area contributed by atoms with Crippen molar-refractivity contribution < 1.29 is 0 Å². The second-order valence-corrected chi connectivity index (χ2v) is 8.66. The number of rotatable bonds is 9. The van der Waals surface area contributed by atoms with Gasteiger partial charge in [0, 0.05) is 6.04 Å². The van der Waals surface area contributed by atoms with Crippen LogP contribution in [0, 0.1) is 35.5 Å². The van der Waals surface area contributed by atoms with Crippen molar-refractivity contribution in [3.63, 3.8) is 0 Å². The minimum absolute atomic E-state index is 0.827. The van der Waals surface area contributed by atoms with Crippen molar-refractivity contribution in [2.24, 2.45) is 35.5 Å². The SMILES string of the molecule is CCC(CCC(C)CCC1NCC1C)C1CC(C(C)C)C1. The first kappa shape index (κ1) is 17.3. The van der Waals surface area contributed by atoms with Crippen LogP contribution >= 0.6 is 0 Å². The molecule has 1 heteroatoms. The van der Waals surface area contributed by atoms with Crippen LogP contribution < -0.4 is 5.32 Å². The van der Waals surface area contributed by atoms with Gasteiger partial charge in [0.2, 0.25) is 0 Å². The molecule has 0 spiro atoms. The lowest BCUT2D eigenvalue weighted by atomic mass is 9.63. The zero-order valence-electron chi connectivity index (χ0n) is 15.2. The first-order valence-corrected chi connectivity index (χ1v) is 9.74. The van der Waals surface area contributed by atoms with Crippen LogP contribution in [-0.4, -0.2) is 12.6 Å². The molecule has 0 aromatic rings. The topological polar surface area (TPSA) is 12.0 Å². The van der Waals surface area contributed by atoms with Crippen LogP contribution in [0.2, 0.25) is 0 Å². The van der Waals surface area contributed by atoms with Crippen molar-refractivity contribution in [2.45, 2.75) is 85.6 Å². The van der Waals surface area contributed by atoms with E-state index < -0.39 is 0 Å². The first-order chi connectivity index (χ1) is 10.0. The van der Waals surface area contributed by atoms with Crippen LogP contribution in [-0.2, 0) is 0 Å². The van der Waals surface area contributed by atoms with E-state index in [4.69, 9.17) is 0 Å². The van der Waals surface area contributed by atoms with Crippen molar-refractivity contribution >= 4 is 0 Å². The summed E-state index contributed by atoms with van der Waals surface area (Å²) in [5, 5.41) is 3.58. The molecule has 4 unspecified atom stereocenters. The zero-order chi connectivity index (χ0) is 15.4. The van der Waals surface area contributed by atoms with Crippen LogP contribution in [0.5, 0.6) is 0 Å². The van der Waals surface area contributed by atoms with Crippen molar-refractivity contribution in [3.05, 3.63) is 0 Å². The summed E-state index contributed by atoms with van der Waals surface area (Å²) < 4.78 is 0. The van der Waals surface area contributed by atoms with E-state index in [0.717, 1.165) is 41.5 Å². The molecule has 2 aliphatic rings. The van der Waals surface area contributed by atoms with E-state index in [1.54, 1.807) is 0 Å². The summed E-state index contributed by atoms with van der Waals surface area (Å²) in [4.78, 5) is 0. The Bertz CT molecular complexity index is 292. The highest BCUT2D eigenvalue weighted by Crippen LogP contribution is 2.45. The Morgan fingerprint density at radius 3 is 2.19 bits per heavy atom. The summed E-state index contributed by atoms with van der Waals surface area (Å²) in [7, 11) is 0. The maximum absolute atomic E-state index is 3.58. The van der Waals surface area contributed by atoms with Gasteiger partial charge in [-0.3, -0.25) is 0 Å². The average Bonchev–Trinajstić information content (AvgIpc) is 2.38. The van der Waals surface area contributed by atoms with Crippen LogP contribution in [0.25, 0.3) is 0 Å². The minimum atomic E-state index is 0.827. The molecule has 1 aliphatic carbocycles. The Morgan fingerprint density at radius 2 is 1.71 bits per heavy atom. The van der Waals surface area contributed by atoms with Crippen LogP contribution in [0.3, 0.4) is 0 Å². The van der Waals surface area contributed by atoms with Crippen LogP contribution in [0.1, 0.15) is 79.6 Å². The predicted octanol–water partition coefficient (Wildman–Crippen LogP) is 5.50. The number of hydrogen-bond donors (Lipinski definition) is 1. The maximum Gasteiger partial charge on any atom is 0.0105 e. The van der Waals surface area contributed by atoms with Gasteiger partial charge in [-0.15, -0.1) is 0 Å². The van der Waals surface area contributed by atoms with E-state index in [9.17, 15) is 0 Å². The molecule has 1 heterocycles. The third kappa shape index (κ3) is 4.71. The van der Waals surface area contributed by atoms with Gasteiger partial charge in [-0.1, -0.05) is 47.5 Å². The summed E-state index contributed by atoms with van der Waals surface area (Å²) in [6.45, 7) is 13.3. The van der Waals surface area contributed by atoms with E-state index in [2.05, 4.69) is 39.9 Å². The second kappa shape index (κ2) is 7.99. The summed E-state index contributed by atoms with van der Waals surface area (Å²) >= 11 is 0. The Labute approximate surface area is 133 Å². The van der Waals surface area contributed by atoms with E-state index in [1.807, 2.05) is 0 Å². The molecule has 0 aromatic heterocycles. The minimum Gasteiger partial charge on any atom is -0.313 e. The van der Waals surface area contributed by atoms with Gasteiger partial charge in [0.1, 0.15) is 0 Å². The molecular formula is C20H39N. The molecule has 0 aromatic carbocycles. The van der Waals surface area contributed by atoms with Gasteiger partial charge < -0.3 is 5.32 Å². The largest absolute Gasteiger partial charge is 0.313 e. The van der Waals surface area contributed by atoms with E-state index in [-0.39, 0.29) is 0 Å². The fraction of sp³-hybridized carbons (Fsp3) is 1.00. The molecule has 1 aliphatic heterocycles. The Morgan fingerprint density at radius 1 is 1.00 bits per heavy atom. The van der Waals surface area contributed by atoms with Gasteiger partial charge in [0.25, 0.3) is 0 Å². The average molecular weight is 294 g/mol. The summed E-state index contributed by atoms with van der Waals surface area (Å²) in [5.41, 5.74) is 0. The summed E-state index contributed by atoms with van der Waals surface area (Å²) in [6, 6.07) is 0.827. The molecule has 21 heavy (non-hydrogen) atoms. The van der Waals surface area contributed by atoms with Crippen molar-refractivity contribution in [3.8, 4) is 0 Å². The molecule has 1 saturated heterocycles. The molecule has 0 amide bonds. The third-order valence-corrected chi connectivity index (χ3v) is 6.73. The van der Waals surface area contributed by atoms with Crippen molar-refractivity contribution in [1.82, 2.24) is 5.32 Å². The van der Waals surface area contributed by atoms with Crippen molar-refractivity contribution in [2.75, 3.05) is 6.54 Å². The Balaban J connectivity index is 1.59. The lowest BCUT2D eigenvalue weighted by Gasteiger charge is -2.43. The molecule has 0 radical (unpaired) electrons. The Kier molecular flexibility index (Phi) is 6.59. The lowest BCUT2D eigenvalue weighted by Crippen LogP contribution is -2.51. The van der Waals surface area contributed by atoms with Gasteiger partial charge in [0.15, 0.2) is 0 Å². The fourth-order valence-electron chi connectivity index (χ4n) is 4.42. The molecule has 4 atom stereocenters. The molecule has 0 bridgehead atoms. The van der Waals surface area contributed by atoms with Gasteiger partial charge in [-0.25, -0.2) is 0 Å². The normalized spacial score (nSPS) is 35.1. The van der Waals surface area contributed by atoms with Gasteiger partial charge in [0.05, 0.1) is 0 Å². The molecule has 124 valence electrons. The molecule has 2 fully saturated rings. The first-order valence-electron chi connectivity index (χ1n) is 9.74. The summed E-state index contributed by atoms with van der Waals surface area (Å²) in [6.07, 6.45) is 10.2. The number of nitrogens with one attached hydrogen (secondary N) is 1. The highest BCUT2D eigenvalue weighted by Gasteiger charge is 2.35. The van der Waals surface area contributed by atoms with E-state index in [1.165, 1.54) is 51.5 Å². The zero-order valence-corrected chi connectivity index (χ0v) is 15.2. The Hall–Kier alpha value is -0.0400. The predicted molar refractivity (Wildman–Crippen MR) is 93.4 cm³/mol. The lowest BCUT2D eigenvalue weighted by molar-refractivity contribution is 0.0779. The monoisotopic (exact) mass is 293 g/mol. The second-order valence-electron chi connectivity index (χ2n) is 8.66. The molecule has 1 saturated carbocycles. The van der Waals surface area contributed by atoms with Gasteiger partial charge in [-0.05, 0) is 74.2 Å². The van der Waals surface area contributed by atoms with Crippen LogP contribution in [0.15, 0.2) is 0 Å². The number of hydrogen-bond acceptors (Lipinski definition) is 1.